The van der Waals surface area contributed by atoms with Gasteiger partial charge in [-0.25, -0.2) is 8.42 Å². The van der Waals surface area contributed by atoms with Crippen molar-refractivity contribution in [3.8, 4) is 11.5 Å². The molecule has 0 heterocycles. The van der Waals surface area contributed by atoms with E-state index in [1.807, 2.05) is 30.3 Å². The minimum atomic E-state index is -3.31. The third-order valence-corrected chi connectivity index (χ3v) is 8.28. The Balaban J connectivity index is 1.33. The summed E-state index contributed by atoms with van der Waals surface area (Å²) in [5, 5.41) is 32.0. The lowest BCUT2D eigenvalue weighted by Gasteiger charge is -2.14. The molecular formula is C29H37NO7S. The lowest BCUT2D eigenvalue weighted by Crippen LogP contribution is -2.23. The quantitative estimate of drug-likeness (QED) is 0.215. The third-order valence-electron chi connectivity index (χ3n) is 6.12. The second-order valence-corrected chi connectivity index (χ2v) is 11.8. The fourth-order valence-electron chi connectivity index (χ4n) is 3.77. The Bertz CT molecular complexity index is 1260. The van der Waals surface area contributed by atoms with Gasteiger partial charge in [0.2, 0.25) is 0 Å². The summed E-state index contributed by atoms with van der Waals surface area (Å²) in [7, 11) is -3.31. The molecule has 0 amide bonds. The Morgan fingerprint density at radius 1 is 0.947 bits per heavy atom. The van der Waals surface area contributed by atoms with E-state index in [-0.39, 0.29) is 12.4 Å². The van der Waals surface area contributed by atoms with Crippen molar-refractivity contribution >= 4 is 9.84 Å². The lowest BCUT2D eigenvalue weighted by atomic mass is 10.1. The monoisotopic (exact) mass is 543 g/mol. The highest BCUT2D eigenvalue weighted by Crippen LogP contribution is 2.22. The number of aliphatic hydroxyl groups excluding tert-OH is 2. The molecule has 0 unspecified atom stereocenters. The summed E-state index contributed by atoms with van der Waals surface area (Å²) in [6, 6.07) is 19.3. The topological polar surface area (TPSA) is 125 Å². The normalized spacial score (nSPS) is 12.6. The van der Waals surface area contributed by atoms with Crippen LogP contribution in [-0.4, -0.2) is 55.3 Å². The molecule has 8 nitrogen and oxygen atoms in total. The van der Waals surface area contributed by atoms with Gasteiger partial charge in [-0.1, -0.05) is 30.3 Å². The van der Waals surface area contributed by atoms with Crippen LogP contribution in [-0.2, 0) is 34.2 Å². The fourth-order valence-corrected chi connectivity index (χ4v) is 4.90. The average molecular weight is 544 g/mol. The maximum Gasteiger partial charge on any atom is 0.180 e. The van der Waals surface area contributed by atoms with E-state index < -0.39 is 21.2 Å². The Morgan fingerprint density at radius 2 is 1.71 bits per heavy atom. The molecule has 1 atom stereocenters. The van der Waals surface area contributed by atoms with E-state index in [1.165, 1.54) is 6.07 Å². The first-order valence-electron chi connectivity index (χ1n) is 12.6. The zero-order chi connectivity index (χ0) is 27.5. The molecule has 0 saturated carbocycles. The Hall–Kier alpha value is -2.95. The van der Waals surface area contributed by atoms with Crippen LogP contribution < -0.4 is 10.1 Å². The fraction of sp³-hybridized carbons (Fsp3) is 0.379. The molecule has 0 saturated heterocycles. The van der Waals surface area contributed by atoms with Crippen molar-refractivity contribution in [2.24, 2.45) is 0 Å². The van der Waals surface area contributed by atoms with Crippen molar-refractivity contribution in [1.82, 2.24) is 5.32 Å². The number of hydrogen-bond acceptors (Lipinski definition) is 8. The summed E-state index contributed by atoms with van der Waals surface area (Å²) < 4.78 is 36.1. The predicted molar refractivity (Wildman–Crippen MR) is 146 cm³/mol. The van der Waals surface area contributed by atoms with E-state index in [1.54, 1.807) is 44.2 Å². The van der Waals surface area contributed by atoms with Crippen LogP contribution in [0.3, 0.4) is 0 Å². The van der Waals surface area contributed by atoms with Gasteiger partial charge in [0, 0.05) is 12.1 Å². The van der Waals surface area contributed by atoms with Gasteiger partial charge in [-0.15, -0.1) is 0 Å². The number of sulfone groups is 1. The molecule has 9 heteroatoms. The summed E-state index contributed by atoms with van der Waals surface area (Å²) in [5.74, 6) is 0.747. The van der Waals surface area contributed by atoms with Gasteiger partial charge in [0.05, 0.1) is 36.1 Å². The summed E-state index contributed by atoms with van der Waals surface area (Å²) in [6.07, 6.45) is 0.0371. The van der Waals surface area contributed by atoms with E-state index in [0.717, 1.165) is 23.3 Å². The molecule has 3 aromatic rings. The highest BCUT2D eigenvalue weighted by atomic mass is 32.2. The molecule has 0 aliphatic heterocycles. The van der Waals surface area contributed by atoms with Crippen LogP contribution in [0.5, 0.6) is 11.5 Å². The Morgan fingerprint density at radius 3 is 2.42 bits per heavy atom. The van der Waals surface area contributed by atoms with Crippen LogP contribution in [0.15, 0.2) is 71.6 Å². The van der Waals surface area contributed by atoms with E-state index in [4.69, 9.17) is 9.47 Å². The van der Waals surface area contributed by atoms with Crippen LogP contribution >= 0.6 is 0 Å². The molecule has 0 spiro atoms. The largest absolute Gasteiger partial charge is 0.508 e. The first kappa shape index (κ1) is 29.6. The third kappa shape index (κ3) is 8.54. The summed E-state index contributed by atoms with van der Waals surface area (Å²) in [5.41, 5.74) is 2.95. The number of phenols is 1. The van der Waals surface area contributed by atoms with Crippen molar-refractivity contribution in [1.29, 1.82) is 0 Å². The predicted octanol–water partition coefficient (Wildman–Crippen LogP) is 3.53. The molecule has 3 aromatic carbocycles. The van der Waals surface area contributed by atoms with Crippen LogP contribution in [0, 0.1) is 0 Å². The summed E-state index contributed by atoms with van der Waals surface area (Å²) in [6.45, 7) is 5.13. The van der Waals surface area contributed by atoms with Gasteiger partial charge in [0.25, 0.3) is 0 Å². The molecular weight excluding hydrogens is 506 g/mol. The van der Waals surface area contributed by atoms with E-state index in [2.05, 4.69) is 5.32 Å². The molecule has 4 N–H and O–H groups in total. The SMILES string of the molecule is CC(C)S(=O)(=O)c1cccc(COCCOc2ccc(CCNC[C@@H](O)c3ccc(O)c(CO)c3)cc2)c1. The van der Waals surface area contributed by atoms with Crippen molar-refractivity contribution < 1.29 is 33.2 Å². The number of ether oxygens (including phenoxy) is 2. The number of benzene rings is 3. The van der Waals surface area contributed by atoms with Crippen molar-refractivity contribution in [3.05, 3.63) is 89.0 Å². The van der Waals surface area contributed by atoms with Gasteiger partial charge in [-0.2, -0.15) is 0 Å². The second-order valence-electron chi connectivity index (χ2n) is 9.30. The Labute approximate surface area is 224 Å². The second kappa shape index (κ2) is 14.3. The van der Waals surface area contributed by atoms with E-state index in [9.17, 15) is 23.7 Å². The smallest absolute Gasteiger partial charge is 0.180 e. The number of aliphatic hydroxyl groups is 2. The maximum absolute atomic E-state index is 12.3. The van der Waals surface area contributed by atoms with Crippen molar-refractivity contribution in [2.45, 2.75) is 49.7 Å². The van der Waals surface area contributed by atoms with Gasteiger partial charge < -0.3 is 30.1 Å². The van der Waals surface area contributed by atoms with E-state index >= 15 is 0 Å². The van der Waals surface area contributed by atoms with Gasteiger partial charge in [-0.3, -0.25) is 0 Å². The Kier molecular flexibility index (Phi) is 11.1. The van der Waals surface area contributed by atoms with Crippen LogP contribution in [0.25, 0.3) is 0 Å². The number of rotatable bonds is 15. The van der Waals surface area contributed by atoms with Gasteiger partial charge in [0.1, 0.15) is 18.1 Å². The standard InChI is InChI=1S/C29H37NO7S/c1-21(2)38(34,35)27-5-3-4-23(16-27)20-36-14-15-37-26-9-6-22(7-10-26)12-13-30-18-29(33)24-8-11-28(32)25(17-24)19-31/h3-11,16-17,21,29-33H,12-15,18-20H2,1-2H3/t29-/m1/s1. The first-order chi connectivity index (χ1) is 18.2. The lowest BCUT2D eigenvalue weighted by molar-refractivity contribution is 0.0888. The highest BCUT2D eigenvalue weighted by molar-refractivity contribution is 7.92. The van der Waals surface area contributed by atoms with E-state index in [0.29, 0.717) is 48.9 Å². The molecule has 0 aromatic heterocycles. The van der Waals surface area contributed by atoms with Crippen LogP contribution in [0.4, 0.5) is 0 Å². The maximum atomic E-state index is 12.3. The minimum absolute atomic E-state index is 0.0127. The zero-order valence-corrected chi connectivity index (χ0v) is 22.7. The molecule has 38 heavy (non-hydrogen) atoms. The number of hydrogen-bond donors (Lipinski definition) is 4. The van der Waals surface area contributed by atoms with Gasteiger partial charge in [-0.05, 0) is 79.9 Å². The molecule has 0 radical (unpaired) electrons. The van der Waals surface area contributed by atoms with Gasteiger partial charge in [0.15, 0.2) is 9.84 Å². The number of nitrogens with one attached hydrogen (secondary N) is 1. The van der Waals surface area contributed by atoms with Crippen LogP contribution in [0.2, 0.25) is 0 Å². The molecule has 0 aliphatic rings. The van der Waals surface area contributed by atoms with Crippen LogP contribution in [0.1, 0.15) is 42.2 Å². The highest BCUT2D eigenvalue weighted by Gasteiger charge is 2.19. The molecule has 206 valence electrons. The molecule has 0 bridgehead atoms. The van der Waals surface area contributed by atoms with Crippen molar-refractivity contribution in [2.75, 3.05) is 26.3 Å². The average Bonchev–Trinajstić information content (AvgIpc) is 2.92. The first-order valence-corrected chi connectivity index (χ1v) is 14.2. The minimum Gasteiger partial charge on any atom is -0.508 e. The zero-order valence-electron chi connectivity index (χ0n) is 21.8. The van der Waals surface area contributed by atoms with Crippen molar-refractivity contribution in [3.63, 3.8) is 0 Å². The summed E-state index contributed by atoms with van der Waals surface area (Å²) >= 11 is 0. The molecule has 3 rings (SSSR count). The molecule has 0 fully saturated rings. The summed E-state index contributed by atoms with van der Waals surface area (Å²) in [4.78, 5) is 0.310. The molecule has 0 aliphatic carbocycles. The van der Waals surface area contributed by atoms with Gasteiger partial charge >= 0.3 is 0 Å². The number of aromatic hydroxyl groups is 1.